The normalized spacial score (nSPS) is 11.0. The molecule has 6 heteroatoms. The zero-order chi connectivity index (χ0) is 18.7. The summed E-state index contributed by atoms with van der Waals surface area (Å²) in [5.74, 6) is 0.207. The lowest BCUT2D eigenvalue weighted by Crippen LogP contribution is -2.21. The number of rotatable bonds is 4. The van der Waals surface area contributed by atoms with Crippen molar-refractivity contribution >= 4 is 34.7 Å². The lowest BCUT2D eigenvalue weighted by Gasteiger charge is -2.09. The number of aromatic nitrogens is 1. The van der Waals surface area contributed by atoms with E-state index in [4.69, 9.17) is 4.42 Å². The Labute approximate surface area is 151 Å². The third kappa shape index (κ3) is 3.80. The molecule has 0 saturated carbocycles. The second-order valence-corrected chi connectivity index (χ2v) is 6.03. The third-order valence-electron chi connectivity index (χ3n) is 3.77. The topological polar surface area (TPSA) is 75.4 Å². The van der Waals surface area contributed by atoms with E-state index in [1.807, 2.05) is 12.1 Å². The molecule has 132 valence electrons. The monoisotopic (exact) mass is 349 g/mol. The van der Waals surface area contributed by atoms with Crippen molar-refractivity contribution < 1.29 is 14.0 Å². The smallest absolute Gasteiger partial charge is 0.253 e. The number of nitrogens with zero attached hydrogens (tertiary/aromatic N) is 2. The molecule has 2 aromatic carbocycles. The molecule has 0 radical (unpaired) electrons. The number of oxazole rings is 1. The summed E-state index contributed by atoms with van der Waals surface area (Å²) in [4.78, 5) is 29.8. The average Bonchev–Trinajstić information content (AvgIpc) is 3.01. The van der Waals surface area contributed by atoms with Crippen molar-refractivity contribution in [2.24, 2.45) is 0 Å². The Bertz CT molecular complexity index is 985. The molecule has 0 atom stereocenters. The van der Waals surface area contributed by atoms with Gasteiger partial charge in [0.1, 0.15) is 5.52 Å². The fourth-order valence-corrected chi connectivity index (χ4v) is 2.50. The van der Waals surface area contributed by atoms with Crippen LogP contribution in [0.15, 0.2) is 53.0 Å². The first-order chi connectivity index (χ1) is 12.4. The van der Waals surface area contributed by atoms with E-state index in [1.54, 1.807) is 57.4 Å². The number of para-hydroxylation sites is 1. The number of amides is 2. The van der Waals surface area contributed by atoms with Crippen LogP contribution in [0.3, 0.4) is 0 Å². The van der Waals surface area contributed by atoms with Gasteiger partial charge in [0.2, 0.25) is 5.91 Å². The molecule has 1 aromatic heterocycles. The van der Waals surface area contributed by atoms with Crippen molar-refractivity contribution in [2.45, 2.75) is 6.92 Å². The van der Waals surface area contributed by atoms with E-state index >= 15 is 0 Å². The van der Waals surface area contributed by atoms with Gasteiger partial charge in [0.25, 0.3) is 5.91 Å². The summed E-state index contributed by atoms with van der Waals surface area (Å²) in [6, 6.07) is 12.5. The lowest BCUT2D eigenvalue weighted by atomic mass is 10.1. The van der Waals surface area contributed by atoms with E-state index in [0.29, 0.717) is 28.2 Å². The van der Waals surface area contributed by atoms with Crippen LogP contribution in [-0.4, -0.2) is 35.8 Å². The van der Waals surface area contributed by atoms with Gasteiger partial charge in [-0.15, -0.1) is 0 Å². The zero-order valence-corrected chi connectivity index (χ0v) is 14.8. The van der Waals surface area contributed by atoms with Gasteiger partial charge in [-0.25, -0.2) is 4.98 Å². The highest BCUT2D eigenvalue weighted by molar-refractivity contribution is 6.05. The van der Waals surface area contributed by atoms with Gasteiger partial charge in [-0.05, 0) is 35.9 Å². The summed E-state index contributed by atoms with van der Waals surface area (Å²) in [6.07, 6.45) is 3.12. The van der Waals surface area contributed by atoms with Crippen LogP contribution in [0.25, 0.3) is 17.2 Å². The van der Waals surface area contributed by atoms with Crippen LogP contribution in [0.1, 0.15) is 21.8 Å². The predicted molar refractivity (Wildman–Crippen MR) is 101 cm³/mol. The Hall–Kier alpha value is -3.41. The molecule has 0 aliphatic rings. The van der Waals surface area contributed by atoms with Crippen LogP contribution in [-0.2, 0) is 4.79 Å². The summed E-state index contributed by atoms with van der Waals surface area (Å²) >= 11 is 0. The van der Waals surface area contributed by atoms with Gasteiger partial charge >= 0.3 is 0 Å². The molecule has 26 heavy (non-hydrogen) atoms. The number of nitrogens with one attached hydrogen (secondary N) is 1. The molecule has 0 unspecified atom stereocenters. The number of hydrogen-bond donors (Lipinski definition) is 1. The SMILES string of the molecule is Cc1nc2cccc(NC(=O)/C=C/c3ccc(C(=O)N(C)C)cc3)c2o1. The van der Waals surface area contributed by atoms with Crippen LogP contribution in [0.4, 0.5) is 5.69 Å². The molecule has 1 heterocycles. The summed E-state index contributed by atoms with van der Waals surface area (Å²) < 4.78 is 5.53. The van der Waals surface area contributed by atoms with Gasteiger partial charge in [-0.1, -0.05) is 18.2 Å². The fourth-order valence-electron chi connectivity index (χ4n) is 2.50. The van der Waals surface area contributed by atoms with Crippen LogP contribution < -0.4 is 5.32 Å². The van der Waals surface area contributed by atoms with Gasteiger partial charge in [0.05, 0.1) is 5.69 Å². The maximum absolute atomic E-state index is 12.2. The number of carbonyl (C=O) groups excluding carboxylic acids is 2. The standard InChI is InChI=1S/C20H19N3O3/c1-13-21-16-5-4-6-17(19(16)26-13)22-18(24)12-9-14-7-10-15(11-8-14)20(25)23(2)3/h4-12H,1-3H3,(H,22,24)/b12-9+. The van der Waals surface area contributed by atoms with E-state index in [-0.39, 0.29) is 11.8 Å². The van der Waals surface area contributed by atoms with Crippen molar-refractivity contribution in [3.63, 3.8) is 0 Å². The molecule has 0 fully saturated rings. The van der Waals surface area contributed by atoms with Crippen molar-refractivity contribution in [3.8, 4) is 0 Å². The molecule has 1 N–H and O–H groups in total. The van der Waals surface area contributed by atoms with E-state index < -0.39 is 0 Å². The molecule has 0 bridgehead atoms. The molecular formula is C20H19N3O3. The summed E-state index contributed by atoms with van der Waals surface area (Å²) in [6.45, 7) is 1.76. The van der Waals surface area contributed by atoms with Crippen molar-refractivity contribution in [1.82, 2.24) is 9.88 Å². The Balaban J connectivity index is 1.70. The fraction of sp³-hybridized carbons (Fsp3) is 0.150. The highest BCUT2D eigenvalue weighted by atomic mass is 16.3. The van der Waals surface area contributed by atoms with E-state index in [1.165, 1.54) is 11.0 Å². The first kappa shape index (κ1) is 17.4. The number of benzene rings is 2. The number of fused-ring (bicyclic) bond motifs is 1. The van der Waals surface area contributed by atoms with E-state index in [2.05, 4.69) is 10.3 Å². The molecule has 0 aliphatic heterocycles. The third-order valence-corrected chi connectivity index (χ3v) is 3.77. The molecule has 0 aliphatic carbocycles. The van der Waals surface area contributed by atoms with Crippen molar-refractivity contribution in [3.05, 3.63) is 65.6 Å². The van der Waals surface area contributed by atoms with Crippen molar-refractivity contribution in [1.29, 1.82) is 0 Å². The van der Waals surface area contributed by atoms with E-state index in [9.17, 15) is 9.59 Å². The van der Waals surface area contributed by atoms with Crippen LogP contribution in [0.2, 0.25) is 0 Å². The highest BCUT2D eigenvalue weighted by Crippen LogP contribution is 2.24. The first-order valence-corrected chi connectivity index (χ1v) is 8.11. The molecule has 0 spiro atoms. The Morgan fingerprint density at radius 3 is 2.54 bits per heavy atom. The number of anilines is 1. The Morgan fingerprint density at radius 1 is 1.12 bits per heavy atom. The minimum atomic E-state index is -0.278. The average molecular weight is 349 g/mol. The number of carbonyl (C=O) groups is 2. The van der Waals surface area contributed by atoms with Crippen LogP contribution in [0.5, 0.6) is 0 Å². The predicted octanol–water partition coefficient (Wildman–Crippen LogP) is 3.49. The molecule has 3 rings (SSSR count). The Morgan fingerprint density at radius 2 is 1.85 bits per heavy atom. The minimum absolute atomic E-state index is 0.0614. The van der Waals surface area contributed by atoms with Gasteiger partial charge in [0.15, 0.2) is 11.5 Å². The van der Waals surface area contributed by atoms with Gasteiger partial charge in [-0.3, -0.25) is 9.59 Å². The first-order valence-electron chi connectivity index (χ1n) is 8.11. The zero-order valence-electron chi connectivity index (χ0n) is 14.8. The second-order valence-electron chi connectivity index (χ2n) is 6.03. The summed E-state index contributed by atoms with van der Waals surface area (Å²) in [5, 5.41) is 2.79. The maximum atomic E-state index is 12.2. The largest absolute Gasteiger partial charge is 0.439 e. The molecular weight excluding hydrogens is 330 g/mol. The Kier molecular flexibility index (Phi) is 4.84. The van der Waals surface area contributed by atoms with Gasteiger partial charge in [-0.2, -0.15) is 0 Å². The molecule has 6 nitrogen and oxygen atoms in total. The highest BCUT2D eigenvalue weighted by Gasteiger charge is 2.09. The van der Waals surface area contributed by atoms with Crippen molar-refractivity contribution in [2.75, 3.05) is 19.4 Å². The number of aryl methyl sites for hydroxylation is 1. The van der Waals surface area contributed by atoms with E-state index in [0.717, 1.165) is 5.56 Å². The summed E-state index contributed by atoms with van der Waals surface area (Å²) in [5.41, 5.74) is 3.25. The second kappa shape index (κ2) is 7.23. The van der Waals surface area contributed by atoms with Crippen LogP contribution in [0, 0.1) is 6.92 Å². The van der Waals surface area contributed by atoms with Gasteiger partial charge in [0, 0.05) is 32.7 Å². The van der Waals surface area contributed by atoms with Crippen LogP contribution >= 0.6 is 0 Å². The quantitative estimate of drug-likeness (QED) is 0.732. The number of hydrogen-bond acceptors (Lipinski definition) is 4. The molecule has 3 aromatic rings. The van der Waals surface area contributed by atoms with Gasteiger partial charge < -0.3 is 14.6 Å². The molecule has 0 saturated heterocycles. The lowest BCUT2D eigenvalue weighted by molar-refractivity contribution is -0.111. The molecule has 2 amide bonds. The maximum Gasteiger partial charge on any atom is 0.253 e. The summed E-state index contributed by atoms with van der Waals surface area (Å²) in [7, 11) is 3.41. The minimum Gasteiger partial charge on any atom is -0.439 e.